The lowest BCUT2D eigenvalue weighted by Gasteiger charge is -2.36. The number of aryl methyl sites for hydroxylation is 3. The van der Waals surface area contributed by atoms with Gasteiger partial charge in [-0.2, -0.15) is 13.2 Å². The molecule has 10 heteroatoms. The van der Waals surface area contributed by atoms with E-state index >= 15 is 4.39 Å². The van der Waals surface area contributed by atoms with Crippen molar-refractivity contribution in [3.8, 4) is 11.1 Å². The quantitative estimate of drug-likeness (QED) is 0.170. The van der Waals surface area contributed by atoms with Crippen LogP contribution in [0.15, 0.2) is 54.6 Å². The van der Waals surface area contributed by atoms with E-state index in [0.717, 1.165) is 6.07 Å². The fourth-order valence-electron chi connectivity index (χ4n) is 5.98. The number of hydrogen-bond donors (Lipinski definition) is 4. The summed E-state index contributed by atoms with van der Waals surface area (Å²) in [4.78, 5) is 24.9. The zero-order valence-corrected chi connectivity index (χ0v) is 22.3. The molecule has 2 amide bonds. The highest BCUT2D eigenvalue weighted by Crippen LogP contribution is 2.58. The van der Waals surface area contributed by atoms with Crippen molar-refractivity contribution in [1.82, 2.24) is 0 Å². The third kappa shape index (κ3) is 4.01. The van der Waals surface area contributed by atoms with Crippen LogP contribution >= 0.6 is 0 Å². The largest absolute Gasteiger partial charge is 0.418 e. The van der Waals surface area contributed by atoms with Crippen molar-refractivity contribution in [2.75, 3.05) is 11.5 Å². The maximum Gasteiger partial charge on any atom is 0.418 e. The van der Waals surface area contributed by atoms with Gasteiger partial charge in [0.1, 0.15) is 5.82 Å². The fourth-order valence-corrected chi connectivity index (χ4v) is 5.98. The number of benzene rings is 4. The Hall–Kier alpha value is -4.86. The predicted molar refractivity (Wildman–Crippen MR) is 149 cm³/mol. The fraction of sp³-hybridized carbons (Fsp3) is 0.161. The molecule has 1 aliphatic carbocycles. The van der Waals surface area contributed by atoms with Crippen molar-refractivity contribution in [2.24, 2.45) is 11.5 Å². The molecular formula is C31H26F4N4O2. The zero-order valence-electron chi connectivity index (χ0n) is 22.3. The Morgan fingerprint density at radius 1 is 0.683 bits per heavy atom. The van der Waals surface area contributed by atoms with E-state index in [4.69, 9.17) is 22.9 Å². The average molecular weight is 563 g/mol. The van der Waals surface area contributed by atoms with Crippen molar-refractivity contribution >= 4 is 23.2 Å². The van der Waals surface area contributed by atoms with E-state index in [-0.39, 0.29) is 22.3 Å². The molecule has 1 unspecified atom stereocenters. The molecule has 0 aliphatic heterocycles. The second-order valence-electron chi connectivity index (χ2n) is 10.4. The van der Waals surface area contributed by atoms with Crippen LogP contribution in [0.5, 0.6) is 0 Å². The molecule has 0 bridgehead atoms. The Labute approximate surface area is 232 Å². The first-order valence-corrected chi connectivity index (χ1v) is 12.5. The first-order valence-electron chi connectivity index (χ1n) is 12.5. The van der Waals surface area contributed by atoms with Crippen molar-refractivity contribution < 1.29 is 27.2 Å². The monoisotopic (exact) mass is 562 g/mol. The summed E-state index contributed by atoms with van der Waals surface area (Å²) < 4.78 is 57.9. The van der Waals surface area contributed by atoms with E-state index in [1.807, 2.05) is 0 Å². The van der Waals surface area contributed by atoms with E-state index in [2.05, 4.69) is 0 Å². The molecule has 1 atom stereocenters. The minimum absolute atomic E-state index is 0.118. The lowest BCUT2D eigenvalue weighted by atomic mass is 9.66. The van der Waals surface area contributed by atoms with Gasteiger partial charge in [0, 0.05) is 11.4 Å². The van der Waals surface area contributed by atoms with E-state index in [1.165, 1.54) is 43.3 Å². The summed E-state index contributed by atoms with van der Waals surface area (Å²) in [5.41, 5.74) is 23.8. The van der Waals surface area contributed by atoms with Gasteiger partial charge in [-0.3, -0.25) is 9.59 Å². The molecular weight excluding hydrogens is 536 g/mol. The molecule has 4 aromatic rings. The lowest BCUT2D eigenvalue weighted by molar-refractivity contribution is -0.137. The third-order valence-electron chi connectivity index (χ3n) is 7.92. The first-order chi connectivity index (χ1) is 19.1. The van der Waals surface area contributed by atoms with Crippen LogP contribution in [0.3, 0.4) is 0 Å². The molecule has 0 saturated heterocycles. The van der Waals surface area contributed by atoms with Crippen molar-refractivity contribution in [1.29, 1.82) is 0 Å². The molecule has 0 radical (unpaired) electrons. The van der Waals surface area contributed by atoms with Gasteiger partial charge in [0.2, 0.25) is 11.8 Å². The van der Waals surface area contributed by atoms with Gasteiger partial charge >= 0.3 is 6.18 Å². The van der Waals surface area contributed by atoms with E-state index in [0.29, 0.717) is 44.6 Å². The normalized spacial score (nSPS) is 15.9. The second-order valence-corrected chi connectivity index (χ2v) is 10.4. The predicted octanol–water partition coefficient (Wildman–Crippen LogP) is 5.50. The molecule has 6 nitrogen and oxygen atoms in total. The summed E-state index contributed by atoms with van der Waals surface area (Å²) in [6, 6.07) is 12.6. The van der Waals surface area contributed by atoms with Gasteiger partial charge in [-0.15, -0.1) is 0 Å². The molecule has 0 spiro atoms. The number of halogens is 4. The summed E-state index contributed by atoms with van der Waals surface area (Å²) in [6.07, 6.45) is -4.81. The Morgan fingerprint density at radius 3 is 1.71 bits per heavy atom. The minimum atomic E-state index is -4.81. The number of carbonyl (C=O) groups excluding carboxylic acids is 2. The van der Waals surface area contributed by atoms with Gasteiger partial charge in [-0.1, -0.05) is 24.3 Å². The Kier molecular flexibility index (Phi) is 6.14. The summed E-state index contributed by atoms with van der Waals surface area (Å²) in [5.74, 6) is -2.53. The SMILES string of the molecule is Cc1cc(C2(c3cc(C)c(N)c(C(F)(F)F)c3)c3cc(F)ccc3-c3cc(C(N)=O)c(C(N)=O)cc32)cc(C)c1N. The molecule has 1 aliphatic rings. The molecule has 8 N–H and O–H groups in total. The average Bonchev–Trinajstić information content (AvgIpc) is 3.16. The number of nitrogens with two attached hydrogens (primary N) is 4. The molecule has 210 valence electrons. The number of rotatable bonds is 4. The van der Waals surface area contributed by atoms with Crippen LogP contribution in [-0.4, -0.2) is 11.8 Å². The number of carbonyl (C=O) groups is 2. The number of amides is 2. The third-order valence-corrected chi connectivity index (χ3v) is 7.92. The number of anilines is 2. The minimum Gasteiger partial charge on any atom is -0.398 e. The number of nitrogen functional groups attached to an aromatic ring is 2. The maximum atomic E-state index is 15.0. The topological polar surface area (TPSA) is 138 Å². The maximum absolute atomic E-state index is 15.0. The van der Waals surface area contributed by atoms with E-state index in [9.17, 15) is 22.8 Å². The second kappa shape index (κ2) is 9.09. The molecule has 0 saturated carbocycles. The Morgan fingerprint density at radius 2 is 1.17 bits per heavy atom. The van der Waals surface area contributed by atoms with Gasteiger partial charge < -0.3 is 22.9 Å². The van der Waals surface area contributed by atoms with Gasteiger partial charge in [-0.05, 0) is 101 Å². The van der Waals surface area contributed by atoms with E-state index < -0.39 is 40.5 Å². The standard InChI is InChI=1S/C31H26F4N4O2/c1-13-6-16(7-14(2)26(13)36)30(17-8-15(3)27(37)25(9-17)31(33,34)35)23-10-18(32)4-5-19(23)20-11-21(28(38)40)22(29(39)41)12-24(20)30/h4-12H,36-37H2,1-3H3,(H2,38,40)(H2,39,41). The molecule has 0 aromatic heterocycles. The molecule has 41 heavy (non-hydrogen) atoms. The van der Waals surface area contributed by atoms with Crippen LogP contribution in [0.1, 0.15) is 65.2 Å². The molecule has 5 rings (SSSR count). The highest BCUT2D eigenvalue weighted by molar-refractivity contribution is 6.08. The zero-order chi connectivity index (χ0) is 30.2. The number of fused-ring (bicyclic) bond motifs is 3. The van der Waals surface area contributed by atoms with Crippen LogP contribution < -0.4 is 22.9 Å². The Balaban J connectivity index is 2.08. The highest BCUT2D eigenvalue weighted by atomic mass is 19.4. The van der Waals surface area contributed by atoms with Gasteiger partial charge in [-0.25, -0.2) is 4.39 Å². The summed E-state index contributed by atoms with van der Waals surface area (Å²) in [6.45, 7) is 4.96. The lowest BCUT2D eigenvalue weighted by Crippen LogP contribution is -2.31. The van der Waals surface area contributed by atoms with Crippen LogP contribution in [-0.2, 0) is 11.6 Å². The van der Waals surface area contributed by atoms with Gasteiger partial charge in [0.15, 0.2) is 0 Å². The van der Waals surface area contributed by atoms with Crippen molar-refractivity contribution in [3.63, 3.8) is 0 Å². The van der Waals surface area contributed by atoms with Crippen LogP contribution in [0, 0.1) is 26.6 Å². The van der Waals surface area contributed by atoms with Crippen molar-refractivity contribution in [2.45, 2.75) is 32.4 Å². The van der Waals surface area contributed by atoms with Crippen LogP contribution in [0.4, 0.5) is 28.9 Å². The number of alkyl halides is 3. The molecule has 4 aromatic carbocycles. The van der Waals surface area contributed by atoms with Gasteiger partial charge in [0.25, 0.3) is 0 Å². The Bertz CT molecular complexity index is 1790. The van der Waals surface area contributed by atoms with Crippen LogP contribution in [0.25, 0.3) is 11.1 Å². The first kappa shape index (κ1) is 27.7. The summed E-state index contributed by atoms with van der Waals surface area (Å²) >= 11 is 0. The number of hydrogen-bond acceptors (Lipinski definition) is 4. The number of primary amides is 2. The smallest absolute Gasteiger partial charge is 0.398 e. The van der Waals surface area contributed by atoms with Crippen molar-refractivity contribution in [3.05, 3.63) is 116 Å². The van der Waals surface area contributed by atoms with Gasteiger partial charge in [0.05, 0.1) is 22.1 Å². The molecule has 0 fully saturated rings. The summed E-state index contributed by atoms with van der Waals surface area (Å²) in [7, 11) is 0. The van der Waals surface area contributed by atoms with E-state index in [1.54, 1.807) is 26.0 Å². The van der Waals surface area contributed by atoms with Crippen LogP contribution in [0.2, 0.25) is 0 Å². The molecule has 0 heterocycles. The summed E-state index contributed by atoms with van der Waals surface area (Å²) in [5, 5.41) is 0. The highest BCUT2D eigenvalue weighted by Gasteiger charge is 2.49.